The van der Waals surface area contributed by atoms with Gasteiger partial charge in [-0.15, -0.1) is 0 Å². The molecule has 1 aliphatic heterocycles. The first kappa shape index (κ1) is 29.2. The van der Waals surface area contributed by atoms with Crippen LogP contribution < -0.4 is 21.3 Å². The van der Waals surface area contributed by atoms with Gasteiger partial charge in [-0.25, -0.2) is 4.79 Å². The van der Waals surface area contributed by atoms with Crippen molar-refractivity contribution in [3.05, 3.63) is 90.5 Å². The van der Waals surface area contributed by atoms with Crippen LogP contribution in [0.25, 0.3) is 11.1 Å². The number of carbonyl (C=O) groups is 5. The van der Waals surface area contributed by atoms with Gasteiger partial charge in [0.25, 0.3) is 0 Å². The van der Waals surface area contributed by atoms with Crippen molar-refractivity contribution < 1.29 is 24.0 Å². The van der Waals surface area contributed by atoms with Crippen molar-refractivity contribution in [2.75, 3.05) is 5.32 Å². The molecule has 212 valence electrons. The summed E-state index contributed by atoms with van der Waals surface area (Å²) >= 11 is 0. The van der Waals surface area contributed by atoms with Crippen LogP contribution in [-0.2, 0) is 19.2 Å². The van der Waals surface area contributed by atoms with E-state index < -0.39 is 53.5 Å². The van der Waals surface area contributed by atoms with Crippen LogP contribution >= 0.6 is 0 Å². The highest BCUT2D eigenvalue weighted by molar-refractivity contribution is 6.16. The number of nitrogens with one attached hydrogen (secondary N) is 4. The number of hydrogen-bond acceptors (Lipinski definition) is 5. The normalized spacial score (nSPS) is 17.9. The molecule has 0 aromatic heterocycles. The van der Waals surface area contributed by atoms with E-state index in [1.165, 1.54) is 6.92 Å². The summed E-state index contributed by atoms with van der Waals surface area (Å²) in [5.41, 5.74) is 3.37. The number of hydrogen-bond donors (Lipinski definition) is 4. The number of anilines is 1. The Labute approximate surface area is 239 Å². The van der Waals surface area contributed by atoms with Gasteiger partial charge in [-0.2, -0.15) is 0 Å². The predicted molar refractivity (Wildman–Crippen MR) is 155 cm³/mol. The van der Waals surface area contributed by atoms with E-state index in [0.717, 1.165) is 11.1 Å². The van der Waals surface area contributed by atoms with Gasteiger partial charge in [-0.3, -0.25) is 24.5 Å². The molecule has 3 aromatic carbocycles. The molecule has 41 heavy (non-hydrogen) atoms. The lowest BCUT2D eigenvalue weighted by Gasteiger charge is -2.26. The summed E-state index contributed by atoms with van der Waals surface area (Å²) in [5, 5.41) is 10.6. The highest BCUT2D eigenvalue weighted by atomic mass is 16.2. The fourth-order valence-corrected chi connectivity index (χ4v) is 4.88. The second kappa shape index (κ2) is 13.0. The lowest BCUT2D eigenvalue weighted by molar-refractivity contribution is -0.137. The van der Waals surface area contributed by atoms with Crippen molar-refractivity contribution in [3.63, 3.8) is 0 Å². The van der Waals surface area contributed by atoms with Gasteiger partial charge >= 0.3 is 6.03 Å². The maximum atomic E-state index is 13.2. The van der Waals surface area contributed by atoms with E-state index in [2.05, 4.69) is 21.3 Å². The molecule has 4 rings (SSSR count). The van der Waals surface area contributed by atoms with Crippen LogP contribution in [0.4, 0.5) is 10.5 Å². The molecule has 0 aliphatic carbocycles. The Kier molecular flexibility index (Phi) is 9.29. The topological polar surface area (TPSA) is 133 Å². The second-order valence-corrected chi connectivity index (χ2v) is 10.5. The first-order valence-corrected chi connectivity index (χ1v) is 13.6. The Morgan fingerprint density at radius 1 is 0.780 bits per heavy atom. The Hall–Kier alpha value is -4.79. The zero-order chi connectivity index (χ0) is 29.5. The van der Waals surface area contributed by atoms with E-state index in [9.17, 15) is 24.0 Å². The van der Waals surface area contributed by atoms with Gasteiger partial charge in [0.2, 0.25) is 17.7 Å². The summed E-state index contributed by atoms with van der Waals surface area (Å²) in [4.78, 5) is 63.6. The van der Waals surface area contributed by atoms with E-state index >= 15 is 0 Å². The molecule has 1 fully saturated rings. The number of imide groups is 1. The molecule has 9 nitrogen and oxygen atoms in total. The summed E-state index contributed by atoms with van der Waals surface area (Å²) < 4.78 is 0. The van der Waals surface area contributed by atoms with Gasteiger partial charge in [0.05, 0.1) is 24.4 Å². The van der Waals surface area contributed by atoms with Gasteiger partial charge in [0.15, 0.2) is 5.78 Å². The molecule has 0 unspecified atom stereocenters. The molecule has 1 heterocycles. The summed E-state index contributed by atoms with van der Waals surface area (Å²) in [6, 6.07) is 24.2. The zero-order valence-electron chi connectivity index (χ0n) is 23.2. The average molecular weight is 555 g/mol. The fraction of sp³-hybridized carbons (Fsp3) is 0.281. The molecule has 0 bridgehead atoms. The Morgan fingerprint density at radius 3 is 1.93 bits per heavy atom. The van der Waals surface area contributed by atoms with Gasteiger partial charge in [0.1, 0.15) is 5.92 Å². The molecule has 5 amide bonds. The first-order chi connectivity index (χ1) is 19.6. The number of urea groups is 1. The first-order valence-electron chi connectivity index (χ1n) is 13.6. The van der Waals surface area contributed by atoms with E-state index in [1.54, 1.807) is 50.2 Å². The number of carbonyl (C=O) groups excluding carboxylic acids is 5. The zero-order valence-corrected chi connectivity index (χ0v) is 23.2. The van der Waals surface area contributed by atoms with E-state index in [1.807, 2.05) is 48.5 Å². The van der Waals surface area contributed by atoms with Gasteiger partial charge in [-0.05, 0) is 34.7 Å². The maximum Gasteiger partial charge on any atom is 0.319 e. The highest BCUT2D eigenvalue weighted by Gasteiger charge is 2.46. The van der Waals surface area contributed by atoms with Gasteiger partial charge in [0, 0.05) is 5.69 Å². The molecular weight excluding hydrogens is 520 g/mol. The minimum absolute atomic E-state index is 0.147. The fourth-order valence-electron chi connectivity index (χ4n) is 4.88. The van der Waals surface area contributed by atoms with Crippen molar-refractivity contribution >= 4 is 35.2 Å². The third-order valence-electron chi connectivity index (χ3n) is 7.19. The molecule has 3 aromatic rings. The monoisotopic (exact) mass is 554 g/mol. The number of Topliss-reactive ketones (excluding diaryl/α,β-unsaturated/α-hetero) is 1. The lowest BCUT2D eigenvalue weighted by Crippen LogP contribution is -2.49. The molecule has 1 aliphatic rings. The third-order valence-corrected chi connectivity index (χ3v) is 7.19. The molecule has 4 atom stereocenters. The Balaban J connectivity index is 1.43. The lowest BCUT2D eigenvalue weighted by atomic mass is 9.85. The summed E-state index contributed by atoms with van der Waals surface area (Å²) in [5.74, 6) is -4.43. The number of ketones is 1. The standard InChI is InChI=1S/C32H34N4O5/c1-19(2)28(29(38)27-20(3)30(39)36-31(27)40)35-26(37)18-25(23-12-8-5-9-13-23)34-32(41)33-24-16-14-22(15-17-24)21-10-6-4-7-11-21/h4-17,19-20,25,27-28H,18H2,1-3H3,(H,35,37)(H2,33,34,41)(H,36,39,40)/t20-,25-,27+,28-/m0/s1. The molecule has 0 saturated carbocycles. The van der Waals surface area contributed by atoms with Crippen molar-refractivity contribution in [2.24, 2.45) is 17.8 Å². The Morgan fingerprint density at radius 2 is 1.37 bits per heavy atom. The van der Waals surface area contributed by atoms with Gasteiger partial charge < -0.3 is 16.0 Å². The van der Waals surface area contributed by atoms with Crippen molar-refractivity contribution in [1.29, 1.82) is 0 Å². The number of benzene rings is 3. The largest absolute Gasteiger partial charge is 0.346 e. The highest BCUT2D eigenvalue weighted by Crippen LogP contribution is 2.24. The average Bonchev–Trinajstić information content (AvgIpc) is 3.22. The van der Waals surface area contributed by atoms with Crippen molar-refractivity contribution in [1.82, 2.24) is 16.0 Å². The summed E-state index contributed by atoms with van der Waals surface area (Å²) in [7, 11) is 0. The van der Waals surface area contributed by atoms with Crippen LogP contribution in [0.1, 0.15) is 38.8 Å². The smallest absolute Gasteiger partial charge is 0.319 e. The van der Waals surface area contributed by atoms with E-state index in [-0.39, 0.29) is 12.3 Å². The molecule has 4 N–H and O–H groups in total. The summed E-state index contributed by atoms with van der Waals surface area (Å²) in [6.45, 7) is 5.03. The van der Waals surface area contributed by atoms with Crippen LogP contribution in [-0.4, -0.2) is 35.6 Å². The van der Waals surface area contributed by atoms with Crippen LogP contribution in [0.5, 0.6) is 0 Å². The van der Waals surface area contributed by atoms with Gasteiger partial charge in [-0.1, -0.05) is 93.6 Å². The van der Waals surface area contributed by atoms with Crippen LogP contribution in [0.2, 0.25) is 0 Å². The van der Waals surface area contributed by atoms with Crippen molar-refractivity contribution in [2.45, 2.75) is 39.3 Å². The minimum Gasteiger partial charge on any atom is -0.346 e. The van der Waals surface area contributed by atoms with Crippen LogP contribution in [0, 0.1) is 17.8 Å². The molecule has 1 saturated heterocycles. The van der Waals surface area contributed by atoms with Crippen LogP contribution in [0.3, 0.4) is 0 Å². The molecule has 0 spiro atoms. The Bertz CT molecular complexity index is 1410. The number of rotatable bonds is 10. The maximum absolute atomic E-state index is 13.2. The number of amides is 5. The second-order valence-electron chi connectivity index (χ2n) is 10.5. The molecule has 9 heteroatoms. The van der Waals surface area contributed by atoms with Crippen LogP contribution in [0.15, 0.2) is 84.9 Å². The summed E-state index contributed by atoms with van der Waals surface area (Å²) in [6.07, 6.45) is -0.147. The quantitative estimate of drug-likeness (QED) is 0.220. The van der Waals surface area contributed by atoms with E-state index in [4.69, 9.17) is 0 Å². The SMILES string of the molecule is CC(C)[C@H](NC(=O)C[C@H](NC(=O)Nc1ccc(-c2ccccc2)cc1)c1ccccc1)C(=O)[C@@H]1C(=O)NC(=O)[C@H]1C. The molecule has 0 radical (unpaired) electrons. The van der Waals surface area contributed by atoms with Crippen molar-refractivity contribution in [3.8, 4) is 11.1 Å². The predicted octanol–water partition coefficient (Wildman–Crippen LogP) is 4.23. The van der Waals surface area contributed by atoms with E-state index in [0.29, 0.717) is 11.3 Å². The molecular formula is C32H34N4O5. The minimum atomic E-state index is -1.16. The third kappa shape index (κ3) is 7.25.